The van der Waals surface area contributed by atoms with E-state index in [-0.39, 0.29) is 27.9 Å². The van der Waals surface area contributed by atoms with Gasteiger partial charge in [0.1, 0.15) is 16.5 Å². The van der Waals surface area contributed by atoms with Crippen LogP contribution in [0, 0.1) is 23.5 Å². The van der Waals surface area contributed by atoms with E-state index in [1.807, 2.05) is 0 Å². The average Bonchev–Trinajstić information content (AvgIpc) is 2.88. The summed E-state index contributed by atoms with van der Waals surface area (Å²) in [6.07, 6.45) is 6.82. The van der Waals surface area contributed by atoms with E-state index < -0.39 is 32.9 Å². The van der Waals surface area contributed by atoms with Gasteiger partial charge in [0, 0.05) is 31.7 Å². The summed E-state index contributed by atoms with van der Waals surface area (Å²) in [4.78, 5) is 12.0. The van der Waals surface area contributed by atoms with Gasteiger partial charge in [-0.25, -0.2) is 32.2 Å². The summed E-state index contributed by atoms with van der Waals surface area (Å²) in [7, 11) is -2.86. The normalized spacial score (nSPS) is 17.4. The van der Waals surface area contributed by atoms with Crippen LogP contribution >= 0.6 is 11.6 Å². The van der Waals surface area contributed by atoms with E-state index in [9.17, 15) is 17.9 Å². The molecule has 3 aromatic rings. The Bertz CT molecular complexity index is 1450. The van der Waals surface area contributed by atoms with E-state index in [2.05, 4.69) is 42.1 Å². The summed E-state index contributed by atoms with van der Waals surface area (Å²) >= 11 is 5.88. The number of hydrogen-bond donors (Lipinski definition) is 4. The maximum Gasteiger partial charge on any atom is 0.265 e. The Morgan fingerprint density at radius 3 is 2.43 bits per heavy atom. The fourth-order valence-corrected chi connectivity index (χ4v) is 5.23. The Labute approximate surface area is 217 Å². The van der Waals surface area contributed by atoms with Crippen molar-refractivity contribution in [2.75, 3.05) is 22.4 Å². The summed E-state index contributed by atoms with van der Waals surface area (Å²) in [6, 6.07) is 3.17. The third-order valence-electron chi connectivity index (χ3n) is 5.69. The Balaban J connectivity index is 1.53. The van der Waals surface area contributed by atoms with Gasteiger partial charge in [-0.2, -0.15) is 0 Å². The van der Waals surface area contributed by atoms with Crippen LogP contribution in [0.2, 0.25) is 5.02 Å². The van der Waals surface area contributed by atoms with Crippen molar-refractivity contribution < 1.29 is 22.3 Å². The molecular formula is C24H23ClF2N6O3S. The molecule has 194 valence electrons. The lowest BCUT2D eigenvalue weighted by molar-refractivity contribution is 0.126. The highest BCUT2D eigenvalue weighted by molar-refractivity contribution is 7.92. The van der Waals surface area contributed by atoms with Crippen LogP contribution in [0.5, 0.6) is 0 Å². The smallest absolute Gasteiger partial charge is 0.265 e. The number of hydrogen-bond acceptors (Lipinski definition) is 8. The number of nitrogens with zero attached hydrogens (tertiary/aromatic N) is 3. The van der Waals surface area contributed by atoms with Crippen molar-refractivity contribution in [3.8, 4) is 11.8 Å². The highest BCUT2D eigenvalue weighted by atomic mass is 35.5. The van der Waals surface area contributed by atoms with Crippen molar-refractivity contribution in [2.45, 2.75) is 42.7 Å². The second-order valence-electron chi connectivity index (χ2n) is 8.33. The van der Waals surface area contributed by atoms with Crippen molar-refractivity contribution >= 4 is 39.1 Å². The summed E-state index contributed by atoms with van der Waals surface area (Å²) in [6.45, 7) is 0. The van der Waals surface area contributed by atoms with Gasteiger partial charge in [0.2, 0.25) is 5.95 Å². The topological polar surface area (TPSA) is 129 Å². The third kappa shape index (κ3) is 6.43. The zero-order chi connectivity index (χ0) is 26.6. The molecule has 0 aliphatic heterocycles. The van der Waals surface area contributed by atoms with Crippen LogP contribution in [0.3, 0.4) is 0 Å². The molecule has 0 spiro atoms. The van der Waals surface area contributed by atoms with Crippen molar-refractivity contribution in [2.24, 2.45) is 0 Å². The van der Waals surface area contributed by atoms with Gasteiger partial charge in [-0.05, 0) is 43.9 Å². The van der Waals surface area contributed by atoms with Crippen LogP contribution in [-0.4, -0.2) is 47.7 Å². The maximum absolute atomic E-state index is 15.1. The Morgan fingerprint density at radius 1 is 1.05 bits per heavy atom. The third-order valence-corrected chi connectivity index (χ3v) is 7.28. The summed E-state index contributed by atoms with van der Waals surface area (Å²) in [5, 5.41) is 15.5. The van der Waals surface area contributed by atoms with Crippen molar-refractivity contribution in [1.82, 2.24) is 15.0 Å². The Hall–Kier alpha value is -3.53. The largest absolute Gasteiger partial charge is 0.393 e. The predicted molar refractivity (Wildman–Crippen MR) is 136 cm³/mol. The zero-order valence-electron chi connectivity index (χ0n) is 19.6. The minimum Gasteiger partial charge on any atom is -0.393 e. The number of halogens is 3. The molecular weight excluding hydrogens is 526 g/mol. The monoisotopic (exact) mass is 548 g/mol. The number of anilines is 3. The van der Waals surface area contributed by atoms with Gasteiger partial charge >= 0.3 is 0 Å². The predicted octanol–water partition coefficient (Wildman–Crippen LogP) is 3.76. The first kappa shape index (κ1) is 26.5. The number of rotatable bonds is 6. The lowest BCUT2D eigenvalue weighted by atomic mass is 9.93. The minimum absolute atomic E-state index is 0.00144. The molecule has 4 rings (SSSR count). The summed E-state index contributed by atoms with van der Waals surface area (Å²) < 4.78 is 57.3. The molecule has 2 aromatic heterocycles. The van der Waals surface area contributed by atoms with E-state index in [1.165, 1.54) is 25.6 Å². The molecule has 1 aliphatic carbocycles. The number of aromatic nitrogens is 3. The molecule has 4 N–H and O–H groups in total. The Kier molecular flexibility index (Phi) is 8.06. The molecule has 0 bridgehead atoms. The lowest BCUT2D eigenvalue weighted by Crippen LogP contribution is -2.28. The van der Waals surface area contributed by atoms with E-state index in [0.717, 1.165) is 31.0 Å². The van der Waals surface area contributed by atoms with Crippen molar-refractivity contribution in [3.63, 3.8) is 0 Å². The van der Waals surface area contributed by atoms with Gasteiger partial charge in [-0.15, -0.1) is 0 Å². The van der Waals surface area contributed by atoms with Crippen LogP contribution in [0.4, 0.5) is 26.2 Å². The van der Waals surface area contributed by atoms with Crippen LogP contribution in [-0.2, 0) is 10.0 Å². The van der Waals surface area contributed by atoms with Gasteiger partial charge in [0.25, 0.3) is 10.0 Å². The molecule has 1 aliphatic rings. The molecule has 0 saturated heterocycles. The Morgan fingerprint density at radius 2 is 1.76 bits per heavy atom. The second kappa shape index (κ2) is 11.2. The van der Waals surface area contributed by atoms with Gasteiger partial charge in [-0.1, -0.05) is 23.4 Å². The van der Waals surface area contributed by atoms with Gasteiger partial charge in [-0.3, -0.25) is 4.72 Å². The zero-order valence-corrected chi connectivity index (χ0v) is 21.2. The van der Waals surface area contributed by atoms with Crippen LogP contribution < -0.4 is 15.4 Å². The first-order chi connectivity index (χ1) is 17.7. The highest BCUT2D eigenvalue weighted by Crippen LogP contribution is 2.27. The molecule has 37 heavy (non-hydrogen) atoms. The number of aliphatic hydroxyl groups excluding tert-OH is 1. The van der Waals surface area contributed by atoms with Crippen molar-refractivity contribution in [1.29, 1.82) is 0 Å². The SMILES string of the molecule is CNc1ncc(Cl)cc1S(=O)(=O)Nc1ccc(F)c(C#Cc2cnc(N[C@H]3CC[C@H](O)CC3)nc2)c1F. The molecule has 1 saturated carbocycles. The molecule has 0 atom stereocenters. The van der Waals surface area contributed by atoms with Gasteiger partial charge < -0.3 is 15.7 Å². The highest BCUT2D eigenvalue weighted by Gasteiger charge is 2.23. The molecule has 9 nitrogen and oxygen atoms in total. The standard InChI is InChI=1S/C24H23ClF2N6O3S/c1-28-23-21(10-15(25)13-29-23)37(35,36)33-20-9-8-19(26)18(22(20)27)7-2-14-11-30-24(31-12-14)32-16-3-5-17(34)6-4-16/h8-13,16-17,33-34H,3-6H2,1H3,(H,28,29)(H,30,31,32)/t16-,17-. The van der Waals surface area contributed by atoms with Crippen LogP contribution in [0.25, 0.3) is 0 Å². The molecule has 0 unspecified atom stereocenters. The van der Waals surface area contributed by atoms with Crippen molar-refractivity contribution in [3.05, 3.63) is 64.6 Å². The quantitative estimate of drug-likeness (QED) is 0.343. The maximum atomic E-state index is 15.1. The minimum atomic E-state index is -4.33. The number of benzene rings is 1. The molecule has 1 aromatic carbocycles. The number of nitrogens with one attached hydrogen (secondary N) is 3. The van der Waals surface area contributed by atoms with E-state index in [4.69, 9.17) is 11.6 Å². The molecule has 0 radical (unpaired) electrons. The fourth-order valence-electron chi connectivity index (χ4n) is 3.76. The summed E-state index contributed by atoms with van der Waals surface area (Å²) in [5.74, 6) is 3.22. The lowest BCUT2D eigenvalue weighted by Gasteiger charge is -2.25. The number of aliphatic hydroxyl groups is 1. The molecule has 2 heterocycles. The first-order valence-corrected chi connectivity index (χ1v) is 13.1. The average molecular weight is 549 g/mol. The molecule has 1 fully saturated rings. The van der Waals surface area contributed by atoms with Crippen LogP contribution in [0.1, 0.15) is 36.8 Å². The van der Waals surface area contributed by atoms with Gasteiger partial charge in [0.05, 0.1) is 27.9 Å². The molecule has 0 amide bonds. The first-order valence-electron chi connectivity index (χ1n) is 11.3. The van der Waals surface area contributed by atoms with Crippen LogP contribution in [0.15, 0.2) is 41.7 Å². The van der Waals surface area contributed by atoms with Gasteiger partial charge in [0.15, 0.2) is 5.82 Å². The van der Waals surface area contributed by atoms with E-state index in [1.54, 1.807) is 0 Å². The van der Waals surface area contributed by atoms with E-state index in [0.29, 0.717) is 24.4 Å². The fraction of sp³-hybridized carbons (Fsp3) is 0.292. The number of sulfonamides is 1. The number of pyridine rings is 1. The second-order valence-corrected chi connectivity index (χ2v) is 10.4. The van der Waals surface area contributed by atoms with E-state index >= 15 is 4.39 Å². The molecule has 13 heteroatoms. The summed E-state index contributed by atoms with van der Waals surface area (Å²) in [5.41, 5.74) is -0.819.